The van der Waals surface area contributed by atoms with Gasteiger partial charge in [-0.1, -0.05) is 0 Å². The average Bonchev–Trinajstić information content (AvgIpc) is 2.39. The lowest BCUT2D eigenvalue weighted by Crippen LogP contribution is -2.39. The molecule has 0 heterocycles. The third-order valence-electron chi connectivity index (χ3n) is 2.59. The Bertz CT molecular complexity index is 507. The van der Waals surface area contributed by atoms with Crippen LogP contribution in [0.3, 0.4) is 0 Å². The molecule has 0 bridgehead atoms. The van der Waals surface area contributed by atoms with Gasteiger partial charge in [-0.05, 0) is 19.1 Å². The summed E-state index contributed by atoms with van der Waals surface area (Å²) in [6, 6.07) is 2.95. The van der Waals surface area contributed by atoms with E-state index in [2.05, 4.69) is 0 Å². The molecule has 0 radical (unpaired) electrons. The molecule has 7 heteroatoms. The highest BCUT2D eigenvalue weighted by molar-refractivity contribution is 5.81. The second-order valence-corrected chi connectivity index (χ2v) is 4.24. The zero-order chi connectivity index (χ0) is 15.3. The van der Waals surface area contributed by atoms with Crippen molar-refractivity contribution in [3.8, 4) is 5.75 Å². The third-order valence-corrected chi connectivity index (χ3v) is 2.59. The van der Waals surface area contributed by atoms with E-state index in [9.17, 15) is 18.4 Å². The van der Waals surface area contributed by atoms with Crippen LogP contribution in [0.2, 0.25) is 0 Å². The largest absolute Gasteiger partial charge is 0.481 e. The number of carboxylic acids is 1. The van der Waals surface area contributed by atoms with Crippen molar-refractivity contribution in [2.24, 2.45) is 0 Å². The fourth-order valence-electron chi connectivity index (χ4n) is 1.49. The van der Waals surface area contributed by atoms with Gasteiger partial charge in [0.25, 0.3) is 5.91 Å². The number of ether oxygens (including phenoxy) is 1. The Morgan fingerprint density at radius 1 is 1.35 bits per heavy atom. The number of aliphatic carboxylic acids is 1. The smallest absolute Gasteiger partial charge is 0.305 e. The summed E-state index contributed by atoms with van der Waals surface area (Å²) in [7, 11) is 1.44. The summed E-state index contributed by atoms with van der Waals surface area (Å²) in [6.45, 7) is 1.49. The molecular weight excluding hydrogens is 272 g/mol. The second kappa shape index (κ2) is 6.83. The predicted molar refractivity (Wildman–Crippen MR) is 66.3 cm³/mol. The Balaban J connectivity index is 2.60. The summed E-state index contributed by atoms with van der Waals surface area (Å²) in [4.78, 5) is 23.5. The van der Waals surface area contributed by atoms with Crippen LogP contribution in [0.1, 0.15) is 13.3 Å². The first kappa shape index (κ1) is 15.9. The fraction of sp³-hybridized carbons (Fsp3) is 0.385. The molecule has 1 atom stereocenters. The zero-order valence-electron chi connectivity index (χ0n) is 11.1. The Hall–Kier alpha value is -2.18. The molecule has 0 saturated heterocycles. The Morgan fingerprint density at radius 2 is 2.00 bits per heavy atom. The highest BCUT2D eigenvalue weighted by Crippen LogP contribution is 2.17. The van der Waals surface area contributed by atoms with Crippen LogP contribution in [0, 0.1) is 11.6 Å². The van der Waals surface area contributed by atoms with Crippen LogP contribution in [-0.4, -0.2) is 41.6 Å². The molecule has 0 aromatic heterocycles. The second-order valence-electron chi connectivity index (χ2n) is 4.24. The fourth-order valence-corrected chi connectivity index (χ4v) is 1.49. The molecule has 110 valence electrons. The van der Waals surface area contributed by atoms with Crippen molar-refractivity contribution in [1.29, 1.82) is 0 Å². The Morgan fingerprint density at radius 3 is 2.55 bits per heavy atom. The van der Waals surface area contributed by atoms with Crippen LogP contribution in [0.4, 0.5) is 8.78 Å². The number of halogens is 2. The summed E-state index contributed by atoms with van der Waals surface area (Å²) in [6.07, 6.45) is -1.11. The standard InChI is InChI=1S/C13H15F2NO4/c1-8(13(19)16(2)6-5-12(17)18)20-9-3-4-10(14)11(15)7-9/h3-4,7-8H,5-6H2,1-2H3,(H,17,18). The maximum Gasteiger partial charge on any atom is 0.305 e. The van der Waals surface area contributed by atoms with Crippen LogP contribution in [-0.2, 0) is 9.59 Å². The van der Waals surface area contributed by atoms with Gasteiger partial charge in [0, 0.05) is 19.7 Å². The summed E-state index contributed by atoms with van der Waals surface area (Å²) in [5, 5.41) is 8.53. The molecule has 0 spiro atoms. The van der Waals surface area contributed by atoms with E-state index in [-0.39, 0.29) is 18.7 Å². The first-order valence-corrected chi connectivity index (χ1v) is 5.89. The van der Waals surface area contributed by atoms with Crippen molar-refractivity contribution in [2.45, 2.75) is 19.4 Å². The molecule has 1 aromatic rings. The molecule has 1 unspecified atom stereocenters. The molecule has 0 saturated carbocycles. The maximum absolute atomic E-state index is 13.0. The highest BCUT2D eigenvalue weighted by atomic mass is 19.2. The third kappa shape index (κ3) is 4.49. The summed E-state index contributed by atoms with van der Waals surface area (Å²) < 4.78 is 30.9. The van der Waals surface area contributed by atoms with E-state index in [1.165, 1.54) is 24.9 Å². The minimum atomic E-state index is -1.07. The lowest BCUT2D eigenvalue weighted by atomic mass is 10.3. The van der Waals surface area contributed by atoms with Crippen LogP contribution in [0.25, 0.3) is 0 Å². The van der Waals surface area contributed by atoms with Gasteiger partial charge < -0.3 is 14.7 Å². The van der Waals surface area contributed by atoms with Crippen molar-refractivity contribution < 1.29 is 28.2 Å². The van der Waals surface area contributed by atoms with E-state index < -0.39 is 29.6 Å². The van der Waals surface area contributed by atoms with E-state index in [1.54, 1.807) is 0 Å². The van der Waals surface area contributed by atoms with Crippen LogP contribution in [0.5, 0.6) is 5.75 Å². The first-order valence-electron chi connectivity index (χ1n) is 5.89. The quantitative estimate of drug-likeness (QED) is 0.864. The number of benzene rings is 1. The molecule has 0 aliphatic carbocycles. The molecule has 0 aliphatic rings. The highest BCUT2D eigenvalue weighted by Gasteiger charge is 2.20. The normalized spacial score (nSPS) is 11.8. The lowest BCUT2D eigenvalue weighted by Gasteiger charge is -2.21. The van der Waals surface area contributed by atoms with E-state index in [0.717, 1.165) is 12.1 Å². The predicted octanol–water partition coefficient (Wildman–Crippen LogP) is 1.67. The topological polar surface area (TPSA) is 66.8 Å². The average molecular weight is 287 g/mol. The number of likely N-dealkylation sites (N-methyl/N-ethyl adjacent to an activating group) is 1. The number of carboxylic acid groups (broad SMARTS) is 1. The van der Waals surface area contributed by atoms with Crippen molar-refractivity contribution >= 4 is 11.9 Å². The van der Waals surface area contributed by atoms with Crippen molar-refractivity contribution in [3.05, 3.63) is 29.8 Å². The maximum atomic E-state index is 13.0. The zero-order valence-corrected chi connectivity index (χ0v) is 11.1. The molecule has 0 aliphatic heterocycles. The Labute approximate surface area is 114 Å². The van der Waals surface area contributed by atoms with Gasteiger partial charge in [-0.3, -0.25) is 9.59 Å². The van der Waals surface area contributed by atoms with E-state index in [0.29, 0.717) is 0 Å². The van der Waals surface area contributed by atoms with Gasteiger partial charge in [0.1, 0.15) is 5.75 Å². The Kier molecular flexibility index (Phi) is 5.42. The van der Waals surface area contributed by atoms with Gasteiger partial charge in [-0.2, -0.15) is 0 Å². The number of rotatable bonds is 6. The molecule has 20 heavy (non-hydrogen) atoms. The minimum Gasteiger partial charge on any atom is -0.481 e. The van der Waals surface area contributed by atoms with Crippen LogP contribution >= 0.6 is 0 Å². The number of hydrogen-bond acceptors (Lipinski definition) is 3. The number of nitrogens with zero attached hydrogens (tertiary/aromatic N) is 1. The molecule has 1 N–H and O–H groups in total. The van der Waals surface area contributed by atoms with Crippen molar-refractivity contribution in [2.75, 3.05) is 13.6 Å². The number of amides is 1. The molecule has 1 aromatic carbocycles. The summed E-state index contributed by atoms with van der Waals surface area (Å²) >= 11 is 0. The molecule has 1 amide bonds. The van der Waals surface area contributed by atoms with Crippen LogP contribution in [0.15, 0.2) is 18.2 Å². The van der Waals surface area contributed by atoms with Gasteiger partial charge in [-0.25, -0.2) is 8.78 Å². The van der Waals surface area contributed by atoms with Crippen LogP contribution < -0.4 is 4.74 Å². The number of carbonyl (C=O) groups excluding carboxylic acids is 1. The first-order chi connectivity index (χ1) is 9.31. The van der Waals surface area contributed by atoms with Gasteiger partial charge in [0.2, 0.25) is 0 Å². The SMILES string of the molecule is CC(Oc1ccc(F)c(F)c1)C(=O)N(C)CCC(=O)O. The summed E-state index contributed by atoms with van der Waals surface area (Å²) in [5.74, 6) is -3.51. The van der Waals surface area contributed by atoms with E-state index >= 15 is 0 Å². The van der Waals surface area contributed by atoms with Crippen molar-refractivity contribution in [3.63, 3.8) is 0 Å². The van der Waals surface area contributed by atoms with E-state index in [1.807, 2.05) is 0 Å². The van der Waals surface area contributed by atoms with Gasteiger partial charge in [-0.15, -0.1) is 0 Å². The monoisotopic (exact) mass is 287 g/mol. The number of carbonyl (C=O) groups is 2. The molecule has 1 rings (SSSR count). The molecule has 5 nitrogen and oxygen atoms in total. The molecular formula is C13H15F2NO4. The van der Waals surface area contributed by atoms with Gasteiger partial charge >= 0.3 is 5.97 Å². The van der Waals surface area contributed by atoms with Gasteiger partial charge in [0.15, 0.2) is 17.7 Å². The molecule has 0 fully saturated rings. The van der Waals surface area contributed by atoms with Crippen molar-refractivity contribution in [1.82, 2.24) is 4.90 Å². The van der Waals surface area contributed by atoms with E-state index in [4.69, 9.17) is 9.84 Å². The lowest BCUT2D eigenvalue weighted by molar-refractivity contribution is -0.140. The minimum absolute atomic E-state index is 0.0244. The number of hydrogen-bond donors (Lipinski definition) is 1. The summed E-state index contributed by atoms with van der Waals surface area (Å²) in [5.41, 5.74) is 0. The van der Waals surface area contributed by atoms with Gasteiger partial charge in [0.05, 0.1) is 6.42 Å².